The lowest BCUT2D eigenvalue weighted by Gasteiger charge is -2.08. The molecule has 2 aromatic carbocycles. The van der Waals surface area contributed by atoms with Gasteiger partial charge in [-0.1, -0.05) is 34.1 Å². The fraction of sp³-hybridized carbons (Fsp3) is 0.133. The average molecular weight is 305 g/mol. The zero-order chi connectivity index (χ0) is 13.0. The third-order valence-corrected chi connectivity index (χ3v) is 3.39. The van der Waals surface area contributed by atoms with Gasteiger partial charge in [-0.2, -0.15) is 0 Å². The number of benzene rings is 2. The van der Waals surface area contributed by atoms with Crippen molar-refractivity contribution >= 4 is 21.7 Å². The standard InChI is InChI=1S/C15H13BrO2/c1-11(17)12-6-8-14(9-7-12)18-10-13-4-2-3-5-15(13)16/h2-9H,10H2,1H3. The summed E-state index contributed by atoms with van der Waals surface area (Å²) in [6.07, 6.45) is 0. The normalized spacial score (nSPS) is 10.1. The van der Waals surface area contributed by atoms with Crippen LogP contribution in [0.3, 0.4) is 0 Å². The number of carbonyl (C=O) groups is 1. The van der Waals surface area contributed by atoms with Crippen molar-refractivity contribution in [1.82, 2.24) is 0 Å². The Labute approximate surface area is 115 Å². The molecule has 0 saturated carbocycles. The minimum atomic E-state index is 0.0624. The van der Waals surface area contributed by atoms with Gasteiger partial charge in [0.05, 0.1) is 0 Å². The summed E-state index contributed by atoms with van der Waals surface area (Å²) in [5, 5.41) is 0. The van der Waals surface area contributed by atoms with Crippen molar-refractivity contribution < 1.29 is 9.53 Å². The Morgan fingerprint density at radius 1 is 1.11 bits per heavy atom. The van der Waals surface area contributed by atoms with Crippen LogP contribution in [-0.2, 0) is 6.61 Å². The maximum Gasteiger partial charge on any atom is 0.159 e. The number of halogens is 1. The van der Waals surface area contributed by atoms with Crippen LogP contribution in [0.5, 0.6) is 5.75 Å². The number of rotatable bonds is 4. The van der Waals surface area contributed by atoms with E-state index in [1.165, 1.54) is 0 Å². The molecule has 0 saturated heterocycles. The average Bonchev–Trinajstić information content (AvgIpc) is 2.38. The molecular weight excluding hydrogens is 292 g/mol. The third kappa shape index (κ3) is 3.20. The van der Waals surface area contributed by atoms with Gasteiger partial charge in [-0.25, -0.2) is 0 Å². The van der Waals surface area contributed by atoms with Crippen LogP contribution in [0.4, 0.5) is 0 Å². The summed E-state index contributed by atoms with van der Waals surface area (Å²) in [5.41, 5.74) is 1.79. The van der Waals surface area contributed by atoms with Crippen molar-refractivity contribution in [3.05, 3.63) is 64.1 Å². The van der Waals surface area contributed by atoms with Crippen LogP contribution in [-0.4, -0.2) is 5.78 Å². The molecule has 0 amide bonds. The zero-order valence-electron chi connectivity index (χ0n) is 10.0. The van der Waals surface area contributed by atoms with E-state index >= 15 is 0 Å². The quantitative estimate of drug-likeness (QED) is 0.790. The van der Waals surface area contributed by atoms with Crippen molar-refractivity contribution in [2.75, 3.05) is 0 Å². The zero-order valence-corrected chi connectivity index (χ0v) is 11.6. The molecule has 92 valence electrons. The molecule has 0 aliphatic carbocycles. The molecule has 0 aromatic heterocycles. The van der Waals surface area contributed by atoms with Gasteiger partial charge in [0.2, 0.25) is 0 Å². The van der Waals surface area contributed by atoms with Crippen LogP contribution >= 0.6 is 15.9 Å². The summed E-state index contributed by atoms with van der Waals surface area (Å²) in [5.74, 6) is 0.822. The monoisotopic (exact) mass is 304 g/mol. The van der Waals surface area contributed by atoms with Crippen LogP contribution in [0.1, 0.15) is 22.8 Å². The van der Waals surface area contributed by atoms with Gasteiger partial charge in [0, 0.05) is 15.6 Å². The molecule has 0 N–H and O–H groups in total. The minimum absolute atomic E-state index is 0.0624. The first-order chi connectivity index (χ1) is 8.66. The summed E-state index contributed by atoms with van der Waals surface area (Å²) in [6, 6.07) is 15.1. The van der Waals surface area contributed by atoms with Gasteiger partial charge in [0.15, 0.2) is 5.78 Å². The Kier molecular flexibility index (Phi) is 4.15. The number of ether oxygens (including phenoxy) is 1. The summed E-state index contributed by atoms with van der Waals surface area (Å²) in [4.78, 5) is 11.1. The smallest absolute Gasteiger partial charge is 0.159 e. The first-order valence-corrected chi connectivity index (χ1v) is 6.43. The highest BCUT2D eigenvalue weighted by Crippen LogP contribution is 2.19. The lowest BCUT2D eigenvalue weighted by Crippen LogP contribution is -1.97. The molecule has 0 radical (unpaired) electrons. The lowest BCUT2D eigenvalue weighted by atomic mass is 10.1. The van der Waals surface area contributed by atoms with E-state index < -0.39 is 0 Å². The molecule has 0 heterocycles. The first-order valence-electron chi connectivity index (χ1n) is 5.64. The number of Topliss-reactive ketones (excluding diaryl/α,β-unsaturated/α-hetero) is 1. The molecule has 0 fully saturated rings. The maximum atomic E-state index is 11.1. The molecule has 2 aromatic rings. The fourth-order valence-corrected chi connectivity index (χ4v) is 1.96. The number of ketones is 1. The van der Waals surface area contributed by atoms with E-state index in [2.05, 4.69) is 15.9 Å². The fourth-order valence-electron chi connectivity index (χ4n) is 1.56. The minimum Gasteiger partial charge on any atom is -0.489 e. The number of hydrogen-bond acceptors (Lipinski definition) is 2. The molecule has 2 nitrogen and oxygen atoms in total. The maximum absolute atomic E-state index is 11.1. The largest absolute Gasteiger partial charge is 0.489 e. The number of hydrogen-bond donors (Lipinski definition) is 0. The van der Waals surface area contributed by atoms with Crippen LogP contribution < -0.4 is 4.74 Å². The molecule has 0 aliphatic heterocycles. The van der Waals surface area contributed by atoms with E-state index in [1.807, 2.05) is 36.4 Å². The van der Waals surface area contributed by atoms with Crippen LogP contribution in [0.25, 0.3) is 0 Å². The molecule has 18 heavy (non-hydrogen) atoms. The Hall–Kier alpha value is -1.61. The third-order valence-electron chi connectivity index (χ3n) is 2.61. The van der Waals surface area contributed by atoms with E-state index in [1.54, 1.807) is 19.1 Å². The van der Waals surface area contributed by atoms with Gasteiger partial charge >= 0.3 is 0 Å². The van der Waals surface area contributed by atoms with Crippen molar-refractivity contribution in [3.63, 3.8) is 0 Å². The predicted molar refractivity (Wildman–Crippen MR) is 74.9 cm³/mol. The van der Waals surface area contributed by atoms with Crippen molar-refractivity contribution in [1.29, 1.82) is 0 Å². The van der Waals surface area contributed by atoms with E-state index in [0.717, 1.165) is 15.8 Å². The summed E-state index contributed by atoms with van der Waals surface area (Å²) < 4.78 is 6.70. The molecule has 0 spiro atoms. The molecular formula is C15H13BrO2. The second kappa shape index (κ2) is 5.83. The van der Waals surface area contributed by atoms with Gasteiger partial charge in [-0.3, -0.25) is 4.79 Å². The topological polar surface area (TPSA) is 26.3 Å². The molecule has 0 atom stereocenters. The van der Waals surface area contributed by atoms with Gasteiger partial charge < -0.3 is 4.74 Å². The second-order valence-electron chi connectivity index (χ2n) is 3.96. The molecule has 2 rings (SSSR count). The summed E-state index contributed by atoms with van der Waals surface area (Å²) in [7, 11) is 0. The van der Waals surface area contributed by atoms with Crippen LogP contribution in [0, 0.1) is 0 Å². The predicted octanol–water partition coefficient (Wildman–Crippen LogP) is 4.23. The SMILES string of the molecule is CC(=O)c1ccc(OCc2ccccc2Br)cc1. The van der Waals surface area contributed by atoms with Crippen molar-refractivity contribution in [2.45, 2.75) is 13.5 Å². The molecule has 0 bridgehead atoms. The molecule has 0 unspecified atom stereocenters. The van der Waals surface area contributed by atoms with E-state index in [0.29, 0.717) is 12.2 Å². The Balaban J connectivity index is 2.02. The van der Waals surface area contributed by atoms with Crippen LogP contribution in [0.2, 0.25) is 0 Å². The Bertz CT molecular complexity index is 547. The highest BCUT2D eigenvalue weighted by Gasteiger charge is 2.02. The lowest BCUT2D eigenvalue weighted by molar-refractivity contribution is 0.101. The van der Waals surface area contributed by atoms with Crippen molar-refractivity contribution in [3.8, 4) is 5.75 Å². The Morgan fingerprint density at radius 2 is 1.78 bits per heavy atom. The Morgan fingerprint density at radius 3 is 2.39 bits per heavy atom. The van der Waals surface area contributed by atoms with Crippen LogP contribution in [0.15, 0.2) is 53.0 Å². The van der Waals surface area contributed by atoms with E-state index in [-0.39, 0.29) is 5.78 Å². The summed E-state index contributed by atoms with van der Waals surface area (Å²) in [6.45, 7) is 2.05. The summed E-state index contributed by atoms with van der Waals surface area (Å²) >= 11 is 3.48. The first kappa shape index (κ1) is 12.8. The molecule has 0 aliphatic rings. The van der Waals surface area contributed by atoms with E-state index in [4.69, 9.17) is 4.74 Å². The second-order valence-corrected chi connectivity index (χ2v) is 4.81. The van der Waals surface area contributed by atoms with Gasteiger partial charge in [-0.05, 0) is 37.3 Å². The highest BCUT2D eigenvalue weighted by molar-refractivity contribution is 9.10. The van der Waals surface area contributed by atoms with Gasteiger partial charge in [0.1, 0.15) is 12.4 Å². The highest BCUT2D eigenvalue weighted by atomic mass is 79.9. The number of carbonyl (C=O) groups excluding carboxylic acids is 1. The van der Waals surface area contributed by atoms with Gasteiger partial charge in [-0.15, -0.1) is 0 Å². The van der Waals surface area contributed by atoms with Crippen molar-refractivity contribution in [2.24, 2.45) is 0 Å². The van der Waals surface area contributed by atoms with E-state index in [9.17, 15) is 4.79 Å². The molecule has 3 heteroatoms. The van der Waals surface area contributed by atoms with Gasteiger partial charge in [0.25, 0.3) is 0 Å².